The van der Waals surface area contributed by atoms with Gasteiger partial charge in [-0.05, 0) is 64.8 Å². The van der Waals surface area contributed by atoms with Crippen molar-refractivity contribution in [2.75, 3.05) is 0 Å². The molecule has 3 nitrogen and oxygen atoms in total. The summed E-state index contributed by atoms with van der Waals surface area (Å²) in [6.45, 7) is 12.9. The maximum Gasteiger partial charge on any atom is 0.168 e. The quantitative estimate of drug-likeness (QED) is 0.388. The van der Waals surface area contributed by atoms with E-state index >= 15 is 0 Å². The molecule has 1 aromatic rings. The number of ketones is 2. The molecule has 0 spiro atoms. The summed E-state index contributed by atoms with van der Waals surface area (Å²) in [5, 5.41) is 0. The molecule has 0 aliphatic rings. The summed E-state index contributed by atoms with van der Waals surface area (Å²) >= 11 is 0. The summed E-state index contributed by atoms with van der Waals surface area (Å²) in [7, 11) is 0. The van der Waals surface area contributed by atoms with Crippen molar-refractivity contribution in [3.05, 3.63) is 46.8 Å². The van der Waals surface area contributed by atoms with Gasteiger partial charge in [0.25, 0.3) is 0 Å². The largest absolute Gasteiger partial charge is 0.318 e. The van der Waals surface area contributed by atoms with Gasteiger partial charge in [-0.1, -0.05) is 31.9 Å². The Balaban J connectivity index is 3.44. The first-order valence-corrected chi connectivity index (χ1v) is 8.96. The van der Waals surface area contributed by atoms with E-state index in [9.17, 15) is 9.59 Å². The number of allylic oxidation sites excluding steroid dienone is 5. The lowest BCUT2D eigenvalue weighted by atomic mass is 10.1. The third-order valence-corrected chi connectivity index (χ3v) is 4.28. The van der Waals surface area contributed by atoms with Crippen molar-refractivity contribution in [3.63, 3.8) is 0 Å². The third kappa shape index (κ3) is 5.46. The van der Waals surface area contributed by atoms with Crippen LogP contribution in [-0.4, -0.2) is 16.1 Å². The second-order valence-electron chi connectivity index (χ2n) is 6.45. The molecule has 26 heavy (non-hydrogen) atoms. The first-order chi connectivity index (χ1) is 12.2. The Labute approximate surface area is 157 Å². The van der Waals surface area contributed by atoms with Crippen LogP contribution in [-0.2, 0) is 9.59 Å². The van der Waals surface area contributed by atoms with Crippen LogP contribution in [0.4, 0.5) is 0 Å². The standard InChI is InChI=1S/C23H29NO2/c1-8-10-21(20(7)26)15-22-14-17(4)24(18(22)5)23(11-9-2)13-12-16(3)19(6)25/h11-16H,9H2,1-7H3/b13-12-,21-15+,23-11+. The average Bonchev–Trinajstić information content (AvgIpc) is 2.84. The number of rotatable bonds is 7. The van der Waals surface area contributed by atoms with Gasteiger partial charge in [0, 0.05) is 23.0 Å². The highest BCUT2D eigenvalue weighted by Gasteiger charge is 2.12. The summed E-state index contributed by atoms with van der Waals surface area (Å²) in [5.74, 6) is 5.67. The lowest BCUT2D eigenvalue weighted by Gasteiger charge is -2.12. The van der Waals surface area contributed by atoms with Gasteiger partial charge in [0.1, 0.15) is 5.78 Å². The second-order valence-corrected chi connectivity index (χ2v) is 6.45. The topological polar surface area (TPSA) is 39.1 Å². The van der Waals surface area contributed by atoms with E-state index in [1.165, 1.54) is 6.92 Å². The van der Waals surface area contributed by atoms with Crippen LogP contribution in [0, 0.1) is 31.6 Å². The summed E-state index contributed by atoms with van der Waals surface area (Å²) in [6, 6.07) is 2.06. The number of aryl methyl sites for hydroxylation is 1. The zero-order valence-corrected chi connectivity index (χ0v) is 16.9. The number of hydrogen-bond donors (Lipinski definition) is 0. The van der Waals surface area contributed by atoms with Crippen LogP contribution < -0.4 is 0 Å². The van der Waals surface area contributed by atoms with Gasteiger partial charge in [-0.25, -0.2) is 0 Å². The number of carbonyl (C=O) groups is 2. The number of hydrogen-bond acceptors (Lipinski definition) is 2. The highest BCUT2D eigenvalue weighted by Crippen LogP contribution is 2.24. The first kappa shape index (κ1) is 21.4. The average molecular weight is 351 g/mol. The highest BCUT2D eigenvalue weighted by atomic mass is 16.1. The molecule has 0 aliphatic heterocycles. The lowest BCUT2D eigenvalue weighted by molar-refractivity contribution is -0.119. The van der Waals surface area contributed by atoms with Crippen molar-refractivity contribution < 1.29 is 9.59 Å². The van der Waals surface area contributed by atoms with E-state index in [1.807, 2.05) is 39.0 Å². The van der Waals surface area contributed by atoms with Gasteiger partial charge in [-0.3, -0.25) is 9.59 Å². The third-order valence-electron chi connectivity index (χ3n) is 4.28. The van der Waals surface area contributed by atoms with Crippen LogP contribution in [0.1, 0.15) is 58.0 Å². The molecule has 0 aliphatic carbocycles. The molecular weight excluding hydrogens is 322 g/mol. The fourth-order valence-electron chi connectivity index (χ4n) is 2.67. The van der Waals surface area contributed by atoms with Crippen molar-refractivity contribution >= 4 is 23.3 Å². The molecule has 0 saturated carbocycles. The van der Waals surface area contributed by atoms with Gasteiger partial charge in [0.15, 0.2) is 5.78 Å². The molecule has 138 valence electrons. The Morgan fingerprint density at radius 3 is 2.42 bits per heavy atom. The fourth-order valence-corrected chi connectivity index (χ4v) is 2.67. The number of Topliss-reactive ketones (excluding diaryl/α,β-unsaturated/α-hetero) is 2. The maximum atomic E-state index is 11.8. The first-order valence-electron chi connectivity index (χ1n) is 8.96. The molecular formula is C23H29NO2. The molecule has 1 aromatic heterocycles. The van der Waals surface area contributed by atoms with Crippen molar-refractivity contribution in [2.45, 2.75) is 54.9 Å². The van der Waals surface area contributed by atoms with E-state index in [4.69, 9.17) is 0 Å². The lowest BCUT2D eigenvalue weighted by Crippen LogP contribution is -2.04. The normalized spacial score (nSPS) is 13.5. The van der Waals surface area contributed by atoms with Crippen LogP contribution in [0.5, 0.6) is 0 Å². The Morgan fingerprint density at radius 2 is 1.92 bits per heavy atom. The Morgan fingerprint density at radius 1 is 1.27 bits per heavy atom. The van der Waals surface area contributed by atoms with E-state index in [2.05, 4.69) is 35.5 Å². The minimum atomic E-state index is -0.116. The van der Waals surface area contributed by atoms with Crippen LogP contribution in [0.2, 0.25) is 0 Å². The Hall–Kier alpha value is -2.60. The van der Waals surface area contributed by atoms with Crippen molar-refractivity contribution in [2.24, 2.45) is 5.92 Å². The predicted molar refractivity (Wildman–Crippen MR) is 110 cm³/mol. The molecule has 0 saturated heterocycles. The van der Waals surface area contributed by atoms with E-state index in [-0.39, 0.29) is 17.5 Å². The van der Waals surface area contributed by atoms with Crippen LogP contribution >= 0.6 is 0 Å². The maximum absolute atomic E-state index is 11.8. The summed E-state index contributed by atoms with van der Waals surface area (Å²) < 4.78 is 2.15. The predicted octanol–water partition coefficient (Wildman–Crippen LogP) is 5.13. The van der Waals surface area contributed by atoms with E-state index in [1.54, 1.807) is 13.8 Å². The summed E-state index contributed by atoms with van der Waals surface area (Å²) in [5.41, 5.74) is 4.63. The van der Waals surface area contributed by atoms with Gasteiger partial charge in [-0.15, -0.1) is 5.92 Å². The molecule has 0 N–H and O–H groups in total. The molecule has 1 heterocycles. The Kier molecular flexibility index (Phi) is 8.06. The number of carbonyl (C=O) groups excluding carboxylic acids is 2. The minimum Gasteiger partial charge on any atom is -0.318 e. The minimum absolute atomic E-state index is 0.0383. The smallest absolute Gasteiger partial charge is 0.168 e. The van der Waals surface area contributed by atoms with Crippen LogP contribution in [0.3, 0.4) is 0 Å². The molecule has 3 heteroatoms. The highest BCUT2D eigenvalue weighted by molar-refractivity contribution is 6.02. The van der Waals surface area contributed by atoms with Crippen LogP contribution in [0.15, 0.2) is 29.9 Å². The molecule has 1 atom stereocenters. The van der Waals surface area contributed by atoms with Gasteiger partial charge < -0.3 is 4.57 Å². The Bertz CT molecular complexity index is 836. The molecule has 0 amide bonds. The zero-order valence-electron chi connectivity index (χ0n) is 16.9. The van der Waals surface area contributed by atoms with E-state index in [0.717, 1.165) is 29.1 Å². The van der Waals surface area contributed by atoms with Crippen molar-refractivity contribution in [3.8, 4) is 11.8 Å². The molecule has 0 radical (unpaired) electrons. The van der Waals surface area contributed by atoms with Gasteiger partial charge in [-0.2, -0.15) is 0 Å². The number of aromatic nitrogens is 1. The van der Waals surface area contributed by atoms with E-state index in [0.29, 0.717) is 5.57 Å². The molecule has 0 aromatic carbocycles. The van der Waals surface area contributed by atoms with Crippen LogP contribution in [0.25, 0.3) is 11.8 Å². The molecule has 1 unspecified atom stereocenters. The summed E-state index contributed by atoms with van der Waals surface area (Å²) in [4.78, 5) is 23.3. The van der Waals surface area contributed by atoms with Crippen molar-refractivity contribution in [1.82, 2.24) is 4.57 Å². The van der Waals surface area contributed by atoms with E-state index < -0.39 is 0 Å². The fraction of sp³-hybridized carbons (Fsp3) is 0.391. The second kappa shape index (κ2) is 9.77. The number of nitrogens with zero attached hydrogens (tertiary/aromatic N) is 1. The SMILES string of the molecule is CC#C/C(=C\c1cc(C)n(C(/C=C\C(C)C(C)=O)=C/CC)c1C)C(C)=O. The zero-order chi connectivity index (χ0) is 19.9. The molecule has 1 rings (SSSR count). The van der Waals surface area contributed by atoms with Crippen molar-refractivity contribution in [1.29, 1.82) is 0 Å². The monoisotopic (exact) mass is 351 g/mol. The van der Waals surface area contributed by atoms with Gasteiger partial charge in [0.05, 0.1) is 5.57 Å². The molecule has 0 bridgehead atoms. The van der Waals surface area contributed by atoms with Gasteiger partial charge in [0.2, 0.25) is 0 Å². The van der Waals surface area contributed by atoms with Gasteiger partial charge >= 0.3 is 0 Å². The summed E-state index contributed by atoms with van der Waals surface area (Å²) in [6.07, 6.45) is 8.80. The molecule has 0 fully saturated rings.